The van der Waals surface area contributed by atoms with E-state index in [0.717, 1.165) is 6.07 Å². The van der Waals surface area contributed by atoms with Crippen molar-refractivity contribution in [3.05, 3.63) is 64.4 Å². The van der Waals surface area contributed by atoms with E-state index in [1.54, 1.807) is 35.2 Å². The van der Waals surface area contributed by atoms with Gasteiger partial charge < -0.3 is 21.0 Å². The number of nitriles is 1. The van der Waals surface area contributed by atoms with Crippen LogP contribution in [0.1, 0.15) is 12.1 Å². The zero-order chi connectivity index (χ0) is 19.1. The van der Waals surface area contributed by atoms with Crippen molar-refractivity contribution in [3.63, 3.8) is 0 Å². The van der Waals surface area contributed by atoms with Crippen LogP contribution in [-0.2, 0) is 0 Å². The van der Waals surface area contributed by atoms with Gasteiger partial charge in [-0.1, -0.05) is 18.2 Å². The lowest BCUT2D eigenvalue weighted by Gasteiger charge is -2.19. The monoisotopic (exact) mass is 365 g/mol. The summed E-state index contributed by atoms with van der Waals surface area (Å²) in [4.78, 5) is 1.74. The number of hydrogen-bond acceptors (Lipinski definition) is 5. The Bertz CT molecular complexity index is 1080. The Morgan fingerprint density at radius 3 is 2.48 bits per heavy atom. The van der Waals surface area contributed by atoms with Gasteiger partial charge in [0.2, 0.25) is 0 Å². The first-order valence-electron chi connectivity index (χ1n) is 8.49. The van der Waals surface area contributed by atoms with Gasteiger partial charge in [-0.3, -0.25) is 0 Å². The maximum atomic E-state index is 14.7. The van der Waals surface area contributed by atoms with Crippen LogP contribution in [0.5, 0.6) is 0 Å². The summed E-state index contributed by atoms with van der Waals surface area (Å²) in [7, 11) is 0. The second-order valence-corrected chi connectivity index (χ2v) is 6.55. The quantitative estimate of drug-likeness (QED) is 0.544. The normalized spacial score (nSPS) is 16.6. The molecule has 0 bridgehead atoms. The van der Waals surface area contributed by atoms with E-state index in [0.29, 0.717) is 34.5 Å². The average molecular weight is 365 g/mol. The summed E-state index contributed by atoms with van der Waals surface area (Å²) in [5, 5.41) is 35.2. The van der Waals surface area contributed by atoms with Crippen molar-refractivity contribution in [1.82, 2.24) is 0 Å². The topological polar surface area (TPSA) is 107 Å². The highest BCUT2D eigenvalue weighted by Gasteiger charge is 2.32. The van der Waals surface area contributed by atoms with Crippen LogP contribution in [0, 0.1) is 27.6 Å². The molecule has 1 atom stereocenters. The number of fused-ring (bicyclic) bond motifs is 1. The van der Waals surface area contributed by atoms with E-state index in [1.807, 2.05) is 6.07 Å². The van der Waals surface area contributed by atoms with Crippen molar-refractivity contribution >= 4 is 16.7 Å². The third-order valence-electron chi connectivity index (χ3n) is 4.83. The lowest BCUT2D eigenvalue weighted by molar-refractivity contribution is -0.622. The standard InChI is InChI=1S/C19H16FN5O2/c20-14-8-16-17(9-15(14)23-7-6-13(22)11-23)24(26)18(10-21)19(25(16)27)12-4-2-1-3-5-12/h1-5,8-9,13H,6-7,11,22H2. The minimum atomic E-state index is -0.607. The summed E-state index contributed by atoms with van der Waals surface area (Å²) in [5.41, 5.74) is 5.87. The summed E-state index contributed by atoms with van der Waals surface area (Å²) in [6, 6.07) is 12.5. The summed E-state index contributed by atoms with van der Waals surface area (Å²) in [5.74, 6) is -0.607. The van der Waals surface area contributed by atoms with Crippen LogP contribution >= 0.6 is 0 Å². The number of anilines is 1. The van der Waals surface area contributed by atoms with Crippen molar-refractivity contribution in [1.29, 1.82) is 5.26 Å². The van der Waals surface area contributed by atoms with E-state index in [2.05, 4.69) is 0 Å². The van der Waals surface area contributed by atoms with Crippen molar-refractivity contribution in [2.45, 2.75) is 12.5 Å². The van der Waals surface area contributed by atoms with Gasteiger partial charge in [-0.25, -0.2) is 4.39 Å². The SMILES string of the molecule is N#Cc1c(-c2ccccc2)[n+]([O-])c2cc(F)c(N3CCC(N)C3)cc2[n+]1[O-]. The van der Waals surface area contributed by atoms with Gasteiger partial charge >= 0.3 is 11.4 Å². The lowest BCUT2D eigenvalue weighted by atomic mass is 10.1. The molecule has 2 heterocycles. The largest absolute Gasteiger partial charge is 0.617 e. The second-order valence-electron chi connectivity index (χ2n) is 6.55. The van der Waals surface area contributed by atoms with Gasteiger partial charge in [0.15, 0.2) is 11.9 Å². The minimum absolute atomic E-state index is 0.0573. The zero-order valence-corrected chi connectivity index (χ0v) is 14.3. The van der Waals surface area contributed by atoms with E-state index in [-0.39, 0.29) is 34.2 Å². The molecule has 2 aromatic carbocycles. The zero-order valence-electron chi connectivity index (χ0n) is 14.3. The van der Waals surface area contributed by atoms with Crippen LogP contribution in [0.15, 0.2) is 42.5 Å². The molecule has 1 aromatic heterocycles. The predicted octanol–water partition coefficient (Wildman–Crippen LogP) is 1.32. The third-order valence-corrected chi connectivity index (χ3v) is 4.83. The van der Waals surface area contributed by atoms with Crippen molar-refractivity contribution < 1.29 is 13.9 Å². The van der Waals surface area contributed by atoms with Gasteiger partial charge in [-0.15, -0.1) is 4.73 Å². The van der Waals surface area contributed by atoms with Crippen LogP contribution in [0.4, 0.5) is 10.1 Å². The van der Waals surface area contributed by atoms with E-state index >= 15 is 0 Å². The van der Waals surface area contributed by atoms with Gasteiger partial charge in [0, 0.05) is 25.2 Å². The van der Waals surface area contributed by atoms with Crippen molar-refractivity contribution in [2.75, 3.05) is 18.0 Å². The van der Waals surface area contributed by atoms with Crippen LogP contribution in [-0.4, -0.2) is 19.1 Å². The predicted molar refractivity (Wildman–Crippen MR) is 96.8 cm³/mol. The molecule has 2 N–H and O–H groups in total. The van der Waals surface area contributed by atoms with E-state index in [4.69, 9.17) is 5.73 Å². The molecule has 0 amide bonds. The molecule has 7 nitrogen and oxygen atoms in total. The Morgan fingerprint density at radius 2 is 1.85 bits per heavy atom. The fraction of sp³-hybridized carbons (Fsp3) is 0.211. The Kier molecular flexibility index (Phi) is 4.01. The molecule has 4 rings (SSSR count). The van der Waals surface area contributed by atoms with Crippen molar-refractivity contribution in [2.24, 2.45) is 5.73 Å². The number of benzene rings is 2. The van der Waals surface area contributed by atoms with Crippen LogP contribution < -0.4 is 20.1 Å². The maximum Gasteiger partial charge on any atom is 0.369 e. The molecule has 136 valence electrons. The van der Waals surface area contributed by atoms with E-state index < -0.39 is 5.82 Å². The van der Waals surface area contributed by atoms with Crippen LogP contribution in [0.2, 0.25) is 0 Å². The highest BCUT2D eigenvalue weighted by atomic mass is 19.1. The number of halogens is 1. The number of rotatable bonds is 2. The highest BCUT2D eigenvalue weighted by Crippen LogP contribution is 2.28. The molecule has 1 saturated heterocycles. The molecule has 1 aliphatic heterocycles. The molecule has 1 fully saturated rings. The van der Waals surface area contributed by atoms with E-state index in [1.165, 1.54) is 6.07 Å². The number of nitrogens with two attached hydrogens (primary N) is 1. The molecule has 1 aliphatic rings. The smallest absolute Gasteiger partial charge is 0.369 e. The van der Waals surface area contributed by atoms with Gasteiger partial charge in [0.05, 0.1) is 17.3 Å². The van der Waals surface area contributed by atoms with Gasteiger partial charge in [-0.2, -0.15) is 9.99 Å². The average Bonchev–Trinajstić information content (AvgIpc) is 3.10. The highest BCUT2D eigenvalue weighted by molar-refractivity contribution is 5.76. The first kappa shape index (κ1) is 17.0. The second kappa shape index (κ2) is 6.37. The molecular formula is C19H16FN5O2. The third kappa shape index (κ3) is 2.69. The Hall–Kier alpha value is -3.44. The first-order chi connectivity index (χ1) is 13.0. The summed E-state index contributed by atoms with van der Waals surface area (Å²) >= 11 is 0. The number of nitrogens with zero attached hydrogens (tertiary/aromatic N) is 4. The fourth-order valence-electron chi connectivity index (χ4n) is 3.50. The summed E-state index contributed by atoms with van der Waals surface area (Å²) in [6.07, 6.45) is 0.715. The van der Waals surface area contributed by atoms with Gasteiger partial charge in [0.1, 0.15) is 0 Å². The first-order valence-corrected chi connectivity index (χ1v) is 8.49. The molecule has 8 heteroatoms. The number of aromatic nitrogens is 2. The van der Waals surface area contributed by atoms with Crippen molar-refractivity contribution in [3.8, 4) is 17.3 Å². The molecule has 0 aliphatic carbocycles. The molecule has 0 radical (unpaired) electrons. The summed E-state index contributed by atoms with van der Waals surface area (Å²) < 4.78 is 15.6. The molecule has 1 unspecified atom stereocenters. The molecule has 27 heavy (non-hydrogen) atoms. The Labute approximate surface area is 154 Å². The fourth-order valence-corrected chi connectivity index (χ4v) is 3.50. The Balaban J connectivity index is 1.99. The summed E-state index contributed by atoms with van der Waals surface area (Å²) in [6.45, 7) is 1.03. The van der Waals surface area contributed by atoms with Crippen LogP contribution in [0.3, 0.4) is 0 Å². The minimum Gasteiger partial charge on any atom is -0.617 e. The molecule has 0 spiro atoms. The number of hydrogen-bond donors (Lipinski definition) is 1. The molecule has 3 aromatic rings. The molecular weight excluding hydrogens is 349 g/mol. The van der Waals surface area contributed by atoms with E-state index in [9.17, 15) is 20.1 Å². The van der Waals surface area contributed by atoms with Gasteiger partial charge in [0.25, 0.3) is 11.0 Å². The maximum absolute atomic E-state index is 14.7. The molecule has 0 saturated carbocycles. The Morgan fingerprint density at radius 1 is 1.15 bits per heavy atom. The lowest BCUT2D eigenvalue weighted by Crippen LogP contribution is -2.43. The van der Waals surface area contributed by atoms with Crippen LogP contribution in [0.25, 0.3) is 22.3 Å². The van der Waals surface area contributed by atoms with Gasteiger partial charge in [-0.05, 0) is 18.6 Å².